The Labute approximate surface area is 203 Å². The van der Waals surface area contributed by atoms with Gasteiger partial charge in [-0.25, -0.2) is 9.79 Å². The zero-order valence-electron chi connectivity index (χ0n) is 18.7. The number of nitrogens with zero attached hydrogens (tertiary/aromatic N) is 3. The summed E-state index contributed by atoms with van der Waals surface area (Å²) >= 11 is 7.65. The van der Waals surface area contributed by atoms with E-state index < -0.39 is 17.6 Å². The Hall–Kier alpha value is -3.49. The van der Waals surface area contributed by atoms with Crippen LogP contribution in [0.25, 0.3) is 5.57 Å². The van der Waals surface area contributed by atoms with Crippen molar-refractivity contribution in [2.75, 3.05) is 18.6 Å². The Kier molecular flexibility index (Phi) is 5.50. The maximum Gasteiger partial charge on any atom is 0.338 e. The zero-order valence-corrected chi connectivity index (χ0v) is 20.2. The van der Waals surface area contributed by atoms with E-state index in [1.54, 1.807) is 36.1 Å². The molecule has 0 bridgehead atoms. The van der Waals surface area contributed by atoms with Crippen molar-refractivity contribution in [3.05, 3.63) is 95.6 Å². The normalized spacial score (nSPS) is 18.5. The second-order valence-corrected chi connectivity index (χ2v) is 9.24. The van der Waals surface area contributed by atoms with E-state index in [4.69, 9.17) is 16.3 Å². The molecular formula is C25H20ClN3O4S. The van der Waals surface area contributed by atoms with Crippen molar-refractivity contribution in [1.82, 2.24) is 4.57 Å². The molecule has 2 aromatic carbocycles. The van der Waals surface area contributed by atoms with Crippen LogP contribution >= 0.6 is 22.9 Å². The summed E-state index contributed by atoms with van der Waals surface area (Å²) in [6, 6.07) is 13.6. The number of hydrogen-bond donors (Lipinski definition) is 0. The first-order valence-electron chi connectivity index (χ1n) is 10.7. The maximum atomic E-state index is 13.9. The van der Waals surface area contributed by atoms with Crippen molar-refractivity contribution >= 4 is 46.1 Å². The summed E-state index contributed by atoms with van der Waals surface area (Å²) in [5, 5.41) is 0.404. The number of methoxy groups -OCH3 is 1. The topological polar surface area (TPSA) is 81.0 Å². The lowest BCUT2D eigenvalue weighted by atomic mass is 9.96. The number of fused-ring (bicyclic) bond motifs is 2. The van der Waals surface area contributed by atoms with E-state index >= 15 is 0 Å². The van der Waals surface area contributed by atoms with Gasteiger partial charge in [-0.05, 0) is 31.5 Å². The van der Waals surface area contributed by atoms with Crippen molar-refractivity contribution in [1.29, 1.82) is 0 Å². The van der Waals surface area contributed by atoms with Gasteiger partial charge in [-0.1, -0.05) is 59.3 Å². The van der Waals surface area contributed by atoms with E-state index in [0.717, 1.165) is 17.0 Å². The third-order valence-corrected chi connectivity index (χ3v) is 7.47. The molecule has 0 fully saturated rings. The van der Waals surface area contributed by atoms with Crippen molar-refractivity contribution in [2.24, 2.45) is 4.99 Å². The predicted octanol–water partition coefficient (Wildman–Crippen LogP) is 2.80. The van der Waals surface area contributed by atoms with E-state index in [-0.39, 0.29) is 16.0 Å². The summed E-state index contributed by atoms with van der Waals surface area (Å²) < 4.78 is 6.75. The molecule has 34 heavy (non-hydrogen) atoms. The fraction of sp³-hybridized carbons (Fsp3) is 0.200. The van der Waals surface area contributed by atoms with Crippen molar-refractivity contribution in [3.63, 3.8) is 0 Å². The molecule has 9 heteroatoms. The summed E-state index contributed by atoms with van der Waals surface area (Å²) in [6.07, 6.45) is 0. The minimum atomic E-state index is -0.833. The lowest BCUT2D eigenvalue weighted by molar-refractivity contribution is -0.136. The smallest absolute Gasteiger partial charge is 0.338 e. The fourth-order valence-corrected chi connectivity index (χ4v) is 5.92. The van der Waals surface area contributed by atoms with Crippen LogP contribution in [0.3, 0.4) is 0 Å². The molecule has 3 aromatic rings. The molecule has 0 spiro atoms. The van der Waals surface area contributed by atoms with Crippen LogP contribution in [0.1, 0.15) is 31.0 Å². The molecule has 0 radical (unpaired) electrons. The first-order valence-corrected chi connectivity index (χ1v) is 11.9. The molecule has 0 aliphatic carbocycles. The van der Waals surface area contributed by atoms with Crippen molar-refractivity contribution in [2.45, 2.75) is 19.9 Å². The Balaban J connectivity index is 1.87. The number of benzene rings is 2. The quantitative estimate of drug-likeness (QED) is 0.525. The van der Waals surface area contributed by atoms with E-state index in [1.165, 1.54) is 11.7 Å². The summed E-state index contributed by atoms with van der Waals surface area (Å²) in [7, 11) is 1.28. The first-order chi connectivity index (χ1) is 16.4. The number of esters is 1. The molecular weight excluding hydrogens is 474 g/mol. The molecule has 172 valence electrons. The van der Waals surface area contributed by atoms with Crippen LogP contribution in [-0.2, 0) is 14.3 Å². The van der Waals surface area contributed by atoms with Gasteiger partial charge < -0.3 is 9.64 Å². The molecule has 1 amide bonds. The average molecular weight is 494 g/mol. The van der Waals surface area contributed by atoms with Gasteiger partial charge >= 0.3 is 5.97 Å². The number of rotatable bonds is 3. The monoisotopic (exact) mass is 493 g/mol. The van der Waals surface area contributed by atoms with Crippen LogP contribution in [0.15, 0.2) is 69.6 Å². The van der Waals surface area contributed by atoms with Crippen LogP contribution in [-0.4, -0.2) is 30.1 Å². The van der Waals surface area contributed by atoms with E-state index in [1.807, 2.05) is 31.2 Å². The molecule has 1 unspecified atom stereocenters. The lowest BCUT2D eigenvalue weighted by Crippen LogP contribution is -2.41. The van der Waals surface area contributed by atoms with Gasteiger partial charge in [0.05, 0.1) is 29.6 Å². The third kappa shape index (κ3) is 3.17. The molecule has 7 nitrogen and oxygen atoms in total. The average Bonchev–Trinajstić information content (AvgIpc) is 3.30. The molecule has 5 rings (SSSR count). The number of amides is 1. The zero-order chi connectivity index (χ0) is 24.1. The number of allylic oxidation sites excluding steroid dienone is 1. The summed E-state index contributed by atoms with van der Waals surface area (Å²) in [5.41, 5.74) is 2.65. The number of hydrogen-bond acceptors (Lipinski definition) is 6. The number of ether oxygens (including phenoxy) is 1. The second kappa shape index (κ2) is 8.38. The van der Waals surface area contributed by atoms with Gasteiger partial charge in [-0.15, -0.1) is 0 Å². The van der Waals surface area contributed by atoms with Gasteiger partial charge in [0.25, 0.3) is 11.5 Å². The standard InChI is InChI=1S/C25H20ClN3O4S/c1-4-28-17-12-8-6-10-15(17)19(22(28)30)21-23(31)29-20(14-9-5-7-11-16(14)26)18(24(32)33-3)13(2)27-25(29)34-21/h5-12,20H,4H2,1-3H3/b21-19-. The van der Waals surface area contributed by atoms with Crippen molar-refractivity contribution < 1.29 is 14.3 Å². The largest absolute Gasteiger partial charge is 0.466 e. The van der Waals surface area contributed by atoms with Crippen LogP contribution in [0.5, 0.6) is 0 Å². The minimum absolute atomic E-state index is 0.229. The molecule has 1 atom stereocenters. The Morgan fingerprint density at radius 2 is 1.85 bits per heavy atom. The summed E-state index contributed by atoms with van der Waals surface area (Å²) in [6.45, 7) is 4.07. The second-order valence-electron chi connectivity index (χ2n) is 7.86. The molecule has 3 heterocycles. The van der Waals surface area contributed by atoms with Gasteiger partial charge in [0.2, 0.25) is 0 Å². The number of halogens is 1. The minimum Gasteiger partial charge on any atom is -0.466 e. The van der Waals surface area contributed by atoms with Crippen LogP contribution in [0, 0.1) is 0 Å². The van der Waals surface area contributed by atoms with E-state index in [0.29, 0.717) is 38.8 Å². The number of para-hydroxylation sites is 1. The fourth-order valence-electron chi connectivity index (χ4n) is 4.55. The number of likely N-dealkylation sites (N-methyl/N-ethyl adjacent to an activating group) is 1. The number of anilines is 1. The SMILES string of the molecule is CCN1C(=O)/C(=c2\sc3n(c2=O)C(c2ccccc2Cl)C(C(=O)OC)=C(C)N=3)c2ccccc21. The van der Waals surface area contributed by atoms with E-state index in [9.17, 15) is 14.4 Å². The van der Waals surface area contributed by atoms with Crippen LogP contribution in [0.4, 0.5) is 5.69 Å². The molecule has 0 saturated carbocycles. The van der Waals surface area contributed by atoms with Gasteiger partial charge in [0, 0.05) is 17.1 Å². The third-order valence-electron chi connectivity index (χ3n) is 6.07. The van der Waals surface area contributed by atoms with Gasteiger partial charge in [0.1, 0.15) is 10.6 Å². The Morgan fingerprint density at radius 1 is 1.15 bits per heavy atom. The maximum absolute atomic E-state index is 13.9. The first kappa shape index (κ1) is 22.3. The number of thiazole rings is 1. The molecule has 0 N–H and O–H groups in total. The molecule has 1 aromatic heterocycles. The van der Waals surface area contributed by atoms with Gasteiger partial charge in [-0.2, -0.15) is 0 Å². The van der Waals surface area contributed by atoms with Crippen LogP contribution in [0.2, 0.25) is 5.02 Å². The number of carbonyl (C=O) groups excluding carboxylic acids is 2. The highest BCUT2D eigenvalue weighted by atomic mass is 35.5. The predicted molar refractivity (Wildman–Crippen MR) is 131 cm³/mol. The number of aromatic nitrogens is 1. The van der Waals surface area contributed by atoms with Crippen LogP contribution < -0.4 is 19.8 Å². The Bertz CT molecular complexity index is 1580. The van der Waals surface area contributed by atoms with Crippen molar-refractivity contribution in [3.8, 4) is 0 Å². The lowest BCUT2D eigenvalue weighted by Gasteiger charge is -2.25. The van der Waals surface area contributed by atoms with Gasteiger partial charge in [-0.3, -0.25) is 14.2 Å². The summed E-state index contributed by atoms with van der Waals surface area (Å²) in [5.74, 6) is -0.823. The molecule has 2 aliphatic heterocycles. The number of carbonyl (C=O) groups is 2. The highest BCUT2D eigenvalue weighted by Crippen LogP contribution is 2.36. The van der Waals surface area contributed by atoms with E-state index in [2.05, 4.69) is 4.99 Å². The Morgan fingerprint density at radius 3 is 2.56 bits per heavy atom. The molecule has 2 aliphatic rings. The highest BCUT2D eigenvalue weighted by molar-refractivity contribution is 7.07. The summed E-state index contributed by atoms with van der Waals surface area (Å²) in [4.78, 5) is 46.7. The highest BCUT2D eigenvalue weighted by Gasteiger charge is 2.37. The molecule has 0 saturated heterocycles. The van der Waals surface area contributed by atoms with Gasteiger partial charge in [0.15, 0.2) is 4.80 Å².